The first-order chi connectivity index (χ1) is 8.67. The van der Waals surface area contributed by atoms with Gasteiger partial charge in [-0.1, -0.05) is 18.2 Å². The maximum atomic E-state index is 5.16. The normalized spacial score (nSPS) is 10.9. The minimum Gasteiger partial charge on any atom is -0.497 e. The highest BCUT2D eigenvalue weighted by molar-refractivity contribution is 5.27. The summed E-state index contributed by atoms with van der Waals surface area (Å²) >= 11 is 0. The van der Waals surface area contributed by atoms with Gasteiger partial charge in [0.25, 0.3) is 0 Å². The van der Waals surface area contributed by atoms with Gasteiger partial charge in [0.05, 0.1) is 7.11 Å². The molecule has 1 aromatic carbocycles. The van der Waals surface area contributed by atoms with E-state index >= 15 is 0 Å². The first-order valence-electron chi connectivity index (χ1n) is 6.65. The van der Waals surface area contributed by atoms with Crippen LogP contribution in [0.25, 0.3) is 0 Å². The minimum absolute atomic E-state index is 0.586. The van der Waals surface area contributed by atoms with Gasteiger partial charge in [-0.2, -0.15) is 0 Å². The Bertz CT molecular complexity index is 343. The van der Waals surface area contributed by atoms with Gasteiger partial charge in [0.2, 0.25) is 0 Å². The van der Waals surface area contributed by atoms with Crippen LogP contribution < -0.4 is 4.74 Å². The highest BCUT2D eigenvalue weighted by Crippen LogP contribution is 2.12. The van der Waals surface area contributed by atoms with E-state index in [9.17, 15) is 0 Å². The number of rotatable bonds is 8. The quantitative estimate of drug-likeness (QED) is 0.652. The van der Waals surface area contributed by atoms with Gasteiger partial charge < -0.3 is 9.64 Å². The van der Waals surface area contributed by atoms with Gasteiger partial charge in [-0.25, -0.2) is 0 Å². The Labute approximate surface area is 111 Å². The number of ether oxygens (including phenoxy) is 1. The molecule has 1 aromatic rings. The van der Waals surface area contributed by atoms with Crippen LogP contribution in [0.4, 0.5) is 0 Å². The zero-order valence-electron chi connectivity index (χ0n) is 11.9. The van der Waals surface area contributed by atoms with Crippen molar-refractivity contribution in [1.29, 1.82) is 0 Å². The second-order valence-corrected chi connectivity index (χ2v) is 4.81. The van der Waals surface area contributed by atoms with Crippen molar-refractivity contribution in [3.8, 4) is 5.75 Å². The third-order valence-corrected chi connectivity index (χ3v) is 3.20. The molecule has 0 amide bonds. The van der Waals surface area contributed by atoms with Crippen LogP contribution in [0.3, 0.4) is 0 Å². The average Bonchev–Trinajstić information content (AvgIpc) is 2.39. The molecule has 0 atom stereocenters. The smallest absolute Gasteiger partial charge is 0.118 e. The van der Waals surface area contributed by atoms with Gasteiger partial charge in [-0.3, -0.25) is 0 Å². The van der Waals surface area contributed by atoms with Crippen LogP contribution in [0.5, 0.6) is 5.75 Å². The van der Waals surface area contributed by atoms with Crippen molar-refractivity contribution in [3.63, 3.8) is 0 Å². The first-order valence-corrected chi connectivity index (χ1v) is 6.65. The molecule has 0 aliphatic carbocycles. The summed E-state index contributed by atoms with van der Waals surface area (Å²) in [6, 6.07) is 8.93. The molecule has 0 bridgehead atoms. The monoisotopic (exact) mass is 247 g/mol. The lowest BCUT2D eigenvalue weighted by Crippen LogP contribution is -2.33. The Hall–Kier alpha value is -1.28. The SMILES string of the molecule is C=CCCN(CCc1ccc(OC)cc1)C(C)C. The predicted octanol–water partition coefficient (Wildman–Crippen LogP) is 3.52. The molecule has 2 nitrogen and oxygen atoms in total. The molecule has 0 fully saturated rings. The lowest BCUT2D eigenvalue weighted by Gasteiger charge is -2.26. The van der Waals surface area contributed by atoms with Crippen molar-refractivity contribution in [2.45, 2.75) is 32.7 Å². The fraction of sp³-hybridized carbons (Fsp3) is 0.500. The van der Waals surface area contributed by atoms with Crippen LogP contribution in [-0.2, 0) is 6.42 Å². The topological polar surface area (TPSA) is 12.5 Å². The van der Waals surface area contributed by atoms with Crippen molar-refractivity contribution < 1.29 is 4.74 Å². The molecule has 0 spiro atoms. The predicted molar refractivity (Wildman–Crippen MR) is 78.2 cm³/mol. The lowest BCUT2D eigenvalue weighted by atomic mass is 10.1. The molecule has 18 heavy (non-hydrogen) atoms. The fourth-order valence-corrected chi connectivity index (χ4v) is 1.95. The third kappa shape index (κ3) is 4.92. The van der Waals surface area contributed by atoms with E-state index in [2.05, 4.69) is 37.5 Å². The highest BCUT2D eigenvalue weighted by atomic mass is 16.5. The molecule has 0 saturated heterocycles. The molecule has 0 saturated carbocycles. The van der Waals surface area contributed by atoms with Crippen LogP contribution in [-0.4, -0.2) is 31.1 Å². The summed E-state index contributed by atoms with van der Waals surface area (Å²) in [6.45, 7) is 10.5. The van der Waals surface area contributed by atoms with E-state index in [0.29, 0.717) is 6.04 Å². The Morgan fingerprint density at radius 1 is 1.22 bits per heavy atom. The Morgan fingerprint density at radius 3 is 2.39 bits per heavy atom. The molecule has 2 heteroatoms. The second-order valence-electron chi connectivity index (χ2n) is 4.81. The summed E-state index contributed by atoms with van der Waals surface area (Å²) in [5.41, 5.74) is 1.36. The summed E-state index contributed by atoms with van der Waals surface area (Å²) in [5.74, 6) is 0.922. The van der Waals surface area contributed by atoms with E-state index in [4.69, 9.17) is 4.74 Å². The van der Waals surface area contributed by atoms with Gasteiger partial charge in [0.1, 0.15) is 5.75 Å². The fourth-order valence-electron chi connectivity index (χ4n) is 1.95. The molecule has 1 rings (SSSR count). The maximum Gasteiger partial charge on any atom is 0.118 e. The average molecular weight is 247 g/mol. The molecule has 0 N–H and O–H groups in total. The van der Waals surface area contributed by atoms with Crippen molar-refractivity contribution >= 4 is 0 Å². The standard InChI is InChI=1S/C16H25NO/c1-5-6-12-17(14(2)3)13-11-15-7-9-16(18-4)10-8-15/h5,7-10,14H,1,6,11-13H2,2-4H3. The molecule has 100 valence electrons. The van der Waals surface area contributed by atoms with E-state index in [1.54, 1.807) is 7.11 Å². The van der Waals surface area contributed by atoms with Gasteiger partial charge in [-0.05, 0) is 44.4 Å². The Kier molecular flexibility index (Phi) is 6.51. The summed E-state index contributed by atoms with van der Waals surface area (Å²) in [6.07, 6.45) is 4.13. The van der Waals surface area contributed by atoms with Gasteiger partial charge in [0, 0.05) is 19.1 Å². The van der Waals surface area contributed by atoms with Crippen LogP contribution in [0, 0.1) is 0 Å². The van der Waals surface area contributed by atoms with E-state index in [1.807, 2.05) is 18.2 Å². The number of benzene rings is 1. The lowest BCUT2D eigenvalue weighted by molar-refractivity contribution is 0.228. The second kappa shape index (κ2) is 7.93. The van der Waals surface area contributed by atoms with E-state index in [0.717, 1.165) is 31.7 Å². The summed E-state index contributed by atoms with van der Waals surface area (Å²) in [7, 11) is 1.70. The minimum atomic E-state index is 0.586. The van der Waals surface area contributed by atoms with Crippen LogP contribution in [0.2, 0.25) is 0 Å². The number of nitrogens with zero attached hydrogens (tertiary/aromatic N) is 1. The molecule has 0 aromatic heterocycles. The zero-order chi connectivity index (χ0) is 13.4. The third-order valence-electron chi connectivity index (χ3n) is 3.20. The molecule has 0 heterocycles. The largest absolute Gasteiger partial charge is 0.497 e. The van der Waals surface area contributed by atoms with Crippen molar-refractivity contribution in [2.75, 3.05) is 20.2 Å². The van der Waals surface area contributed by atoms with Gasteiger partial charge in [0.15, 0.2) is 0 Å². The van der Waals surface area contributed by atoms with Crippen molar-refractivity contribution in [3.05, 3.63) is 42.5 Å². The first kappa shape index (κ1) is 14.8. The molecule has 0 unspecified atom stereocenters. The number of methoxy groups -OCH3 is 1. The Balaban J connectivity index is 2.47. The number of hydrogen-bond acceptors (Lipinski definition) is 2. The van der Waals surface area contributed by atoms with E-state index in [-0.39, 0.29) is 0 Å². The molecular weight excluding hydrogens is 222 g/mol. The summed E-state index contributed by atoms with van der Waals surface area (Å²) in [4.78, 5) is 2.49. The number of hydrogen-bond donors (Lipinski definition) is 0. The van der Waals surface area contributed by atoms with Crippen LogP contribution in [0.1, 0.15) is 25.8 Å². The van der Waals surface area contributed by atoms with Gasteiger partial charge >= 0.3 is 0 Å². The van der Waals surface area contributed by atoms with Crippen molar-refractivity contribution in [2.24, 2.45) is 0 Å². The van der Waals surface area contributed by atoms with E-state index < -0.39 is 0 Å². The van der Waals surface area contributed by atoms with Crippen LogP contribution in [0.15, 0.2) is 36.9 Å². The summed E-state index contributed by atoms with van der Waals surface area (Å²) in [5, 5.41) is 0. The molecule has 0 radical (unpaired) electrons. The summed E-state index contributed by atoms with van der Waals surface area (Å²) < 4.78 is 5.16. The molecule has 0 aliphatic rings. The van der Waals surface area contributed by atoms with E-state index in [1.165, 1.54) is 5.56 Å². The van der Waals surface area contributed by atoms with Crippen LogP contribution >= 0.6 is 0 Å². The molecule has 0 aliphatic heterocycles. The van der Waals surface area contributed by atoms with Gasteiger partial charge in [-0.15, -0.1) is 6.58 Å². The molecular formula is C16H25NO. The Morgan fingerprint density at radius 2 is 1.89 bits per heavy atom. The van der Waals surface area contributed by atoms with Crippen molar-refractivity contribution in [1.82, 2.24) is 4.90 Å². The zero-order valence-corrected chi connectivity index (χ0v) is 11.9. The highest BCUT2D eigenvalue weighted by Gasteiger charge is 2.08. The maximum absolute atomic E-state index is 5.16.